The van der Waals surface area contributed by atoms with Gasteiger partial charge in [-0.1, -0.05) is 6.08 Å². The van der Waals surface area contributed by atoms with Gasteiger partial charge in [0.05, 0.1) is 4.92 Å². The van der Waals surface area contributed by atoms with Crippen LogP contribution in [-0.2, 0) is 0 Å². The largest absolute Gasteiger partial charge is 0.393 e. The van der Waals surface area contributed by atoms with Crippen LogP contribution in [0, 0.1) is 10.1 Å². The predicted octanol–water partition coefficient (Wildman–Crippen LogP) is 2.58. The number of nitrogens with zero attached hydrogens (tertiary/aromatic N) is 2. The summed E-state index contributed by atoms with van der Waals surface area (Å²) in [5, 5.41) is 10.7. The second-order valence-corrected chi connectivity index (χ2v) is 4.04. The standard InChI is InChI=1S/C12H17N3O2/c1-4-7-14(9(2)3)10-5-6-12(15(16)17)11(13)8-10/h4-6,8-9H,1,7,13H2,2-3H3. The Morgan fingerprint density at radius 1 is 1.59 bits per heavy atom. The molecule has 0 aliphatic rings. The van der Waals surface area contributed by atoms with Crippen LogP contribution in [0.1, 0.15) is 13.8 Å². The lowest BCUT2D eigenvalue weighted by atomic mass is 10.2. The van der Waals surface area contributed by atoms with Crippen molar-refractivity contribution in [2.24, 2.45) is 0 Å². The van der Waals surface area contributed by atoms with E-state index in [1.165, 1.54) is 6.07 Å². The fourth-order valence-corrected chi connectivity index (χ4v) is 1.64. The van der Waals surface area contributed by atoms with Gasteiger partial charge in [0.25, 0.3) is 5.69 Å². The molecule has 0 heterocycles. The topological polar surface area (TPSA) is 72.4 Å². The minimum absolute atomic E-state index is 0.0592. The predicted molar refractivity (Wildman–Crippen MR) is 70.2 cm³/mol. The first-order chi connectivity index (χ1) is 7.97. The number of nitro benzene ring substituents is 1. The maximum atomic E-state index is 10.7. The molecule has 0 aromatic heterocycles. The van der Waals surface area contributed by atoms with E-state index in [0.29, 0.717) is 6.54 Å². The van der Waals surface area contributed by atoms with E-state index in [4.69, 9.17) is 5.73 Å². The number of nitrogens with two attached hydrogens (primary N) is 1. The lowest BCUT2D eigenvalue weighted by Crippen LogP contribution is -2.30. The Kier molecular flexibility index (Phi) is 4.09. The van der Waals surface area contributed by atoms with Crippen molar-refractivity contribution in [2.75, 3.05) is 17.2 Å². The Bertz CT molecular complexity index is 430. The SMILES string of the molecule is C=CCN(c1ccc([N+](=O)[O-])c(N)c1)C(C)C. The molecule has 0 saturated heterocycles. The normalized spacial score (nSPS) is 10.3. The van der Waals surface area contributed by atoms with Crippen molar-refractivity contribution in [3.05, 3.63) is 41.0 Å². The van der Waals surface area contributed by atoms with Crippen molar-refractivity contribution in [3.8, 4) is 0 Å². The molecule has 0 spiro atoms. The molecule has 1 aromatic carbocycles. The number of benzene rings is 1. The van der Waals surface area contributed by atoms with Crippen LogP contribution in [0.15, 0.2) is 30.9 Å². The second kappa shape index (κ2) is 5.34. The van der Waals surface area contributed by atoms with E-state index in [-0.39, 0.29) is 17.4 Å². The first-order valence-corrected chi connectivity index (χ1v) is 5.38. The monoisotopic (exact) mass is 235 g/mol. The van der Waals surface area contributed by atoms with Crippen LogP contribution in [0.3, 0.4) is 0 Å². The van der Waals surface area contributed by atoms with Gasteiger partial charge >= 0.3 is 0 Å². The molecule has 0 aliphatic heterocycles. The first kappa shape index (κ1) is 13.0. The number of anilines is 2. The number of rotatable bonds is 5. The molecule has 1 rings (SSSR count). The zero-order valence-electron chi connectivity index (χ0n) is 10.1. The molecule has 5 heteroatoms. The summed E-state index contributed by atoms with van der Waals surface area (Å²) in [6.45, 7) is 8.46. The smallest absolute Gasteiger partial charge is 0.292 e. The summed E-state index contributed by atoms with van der Waals surface area (Å²) < 4.78 is 0. The summed E-state index contributed by atoms with van der Waals surface area (Å²) in [5.74, 6) is 0. The zero-order valence-corrected chi connectivity index (χ0v) is 10.1. The van der Waals surface area contributed by atoms with Crippen molar-refractivity contribution in [3.63, 3.8) is 0 Å². The van der Waals surface area contributed by atoms with Crippen LogP contribution < -0.4 is 10.6 Å². The molecule has 0 unspecified atom stereocenters. The molecule has 2 N–H and O–H groups in total. The average Bonchev–Trinajstić information content (AvgIpc) is 2.24. The van der Waals surface area contributed by atoms with E-state index >= 15 is 0 Å². The molecule has 92 valence electrons. The quantitative estimate of drug-likeness (QED) is 0.368. The Labute approximate surface area is 101 Å². The fourth-order valence-electron chi connectivity index (χ4n) is 1.64. The van der Waals surface area contributed by atoms with Gasteiger partial charge < -0.3 is 10.6 Å². The number of hydrogen-bond donors (Lipinski definition) is 1. The molecule has 1 aromatic rings. The maximum Gasteiger partial charge on any atom is 0.292 e. The summed E-state index contributed by atoms with van der Waals surface area (Å²) in [6.07, 6.45) is 1.79. The Morgan fingerprint density at radius 3 is 2.65 bits per heavy atom. The van der Waals surface area contributed by atoms with Crippen LogP contribution in [0.4, 0.5) is 17.1 Å². The molecule has 5 nitrogen and oxygen atoms in total. The van der Waals surface area contributed by atoms with Crippen LogP contribution in [0.5, 0.6) is 0 Å². The van der Waals surface area contributed by atoms with Gasteiger partial charge in [-0.2, -0.15) is 0 Å². The van der Waals surface area contributed by atoms with E-state index in [1.54, 1.807) is 18.2 Å². The molecule has 0 aliphatic carbocycles. The highest BCUT2D eigenvalue weighted by atomic mass is 16.6. The van der Waals surface area contributed by atoms with Gasteiger partial charge in [-0.25, -0.2) is 0 Å². The number of nitrogen functional groups attached to an aromatic ring is 1. The van der Waals surface area contributed by atoms with Crippen LogP contribution >= 0.6 is 0 Å². The molecule has 0 bridgehead atoms. The molecular formula is C12H17N3O2. The van der Waals surface area contributed by atoms with Crippen molar-refractivity contribution >= 4 is 17.1 Å². The van der Waals surface area contributed by atoms with Gasteiger partial charge in [-0.15, -0.1) is 6.58 Å². The third-order valence-electron chi connectivity index (χ3n) is 2.49. The highest BCUT2D eigenvalue weighted by Gasteiger charge is 2.15. The van der Waals surface area contributed by atoms with Crippen molar-refractivity contribution < 1.29 is 4.92 Å². The molecular weight excluding hydrogens is 218 g/mol. The first-order valence-electron chi connectivity index (χ1n) is 5.38. The van der Waals surface area contributed by atoms with E-state index in [2.05, 4.69) is 11.5 Å². The van der Waals surface area contributed by atoms with E-state index in [0.717, 1.165) is 5.69 Å². The van der Waals surface area contributed by atoms with Crippen molar-refractivity contribution in [1.29, 1.82) is 0 Å². The summed E-state index contributed by atoms with van der Waals surface area (Å²) in [4.78, 5) is 12.2. The van der Waals surface area contributed by atoms with Gasteiger partial charge in [0, 0.05) is 24.3 Å². The van der Waals surface area contributed by atoms with Crippen LogP contribution in [-0.4, -0.2) is 17.5 Å². The van der Waals surface area contributed by atoms with Gasteiger partial charge in [0.15, 0.2) is 0 Å². The molecule has 0 saturated carbocycles. The van der Waals surface area contributed by atoms with Crippen molar-refractivity contribution in [2.45, 2.75) is 19.9 Å². The van der Waals surface area contributed by atoms with E-state index in [9.17, 15) is 10.1 Å². The summed E-state index contributed by atoms with van der Waals surface area (Å²) in [6, 6.07) is 5.04. The molecule has 0 atom stereocenters. The Morgan fingerprint density at radius 2 is 2.24 bits per heavy atom. The van der Waals surface area contributed by atoms with Crippen LogP contribution in [0.25, 0.3) is 0 Å². The molecule has 0 radical (unpaired) electrons. The summed E-state index contributed by atoms with van der Waals surface area (Å²) in [7, 11) is 0. The van der Waals surface area contributed by atoms with Gasteiger partial charge in [-0.05, 0) is 26.0 Å². The summed E-state index contributed by atoms with van der Waals surface area (Å²) in [5.41, 5.74) is 6.65. The number of nitro groups is 1. The fraction of sp³-hybridized carbons (Fsp3) is 0.333. The lowest BCUT2D eigenvalue weighted by Gasteiger charge is -2.27. The molecule has 0 fully saturated rings. The average molecular weight is 235 g/mol. The minimum atomic E-state index is -0.480. The van der Waals surface area contributed by atoms with Gasteiger partial charge in [0.1, 0.15) is 5.69 Å². The van der Waals surface area contributed by atoms with Gasteiger partial charge in [-0.3, -0.25) is 10.1 Å². The van der Waals surface area contributed by atoms with Gasteiger partial charge in [0.2, 0.25) is 0 Å². The lowest BCUT2D eigenvalue weighted by molar-refractivity contribution is -0.383. The Hall–Kier alpha value is -2.04. The second-order valence-electron chi connectivity index (χ2n) is 4.04. The highest BCUT2D eigenvalue weighted by molar-refractivity contribution is 5.67. The zero-order chi connectivity index (χ0) is 13.0. The Balaban J connectivity index is 3.10. The summed E-state index contributed by atoms with van der Waals surface area (Å²) >= 11 is 0. The van der Waals surface area contributed by atoms with Crippen molar-refractivity contribution in [1.82, 2.24) is 0 Å². The third-order valence-corrected chi connectivity index (χ3v) is 2.49. The maximum absolute atomic E-state index is 10.7. The highest BCUT2D eigenvalue weighted by Crippen LogP contribution is 2.27. The van der Waals surface area contributed by atoms with E-state index in [1.807, 2.05) is 13.8 Å². The number of hydrogen-bond acceptors (Lipinski definition) is 4. The molecule has 0 amide bonds. The molecule has 17 heavy (non-hydrogen) atoms. The third kappa shape index (κ3) is 2.96. The van der Waals surface area contributed by atoms with Crippen LogP contribution in [0.2, 0.25) is 0 Å². The van der Waals surface area contributed by atoms with E-state index < -0.39 is 4.92 Å². The minimum Gasteiger partial charge on any atom is -0.393 e.